The molecule has 184 valence electrons. The van der Waals surface area contributed by atoms with Crippen LogP contribution in [-0.4, -0.2) is 42.2 Å². The predicted molar refractivity (Wildman–Crippen MR) is 134 cm³/mol. The van der Waals surface area contributed by atoms with Crippen LogP contribution in [0.3, 0.4) is 0 Å². The number of nitrogens with one attached hydrogen (secondary N) is 2. The molecule has 0 fully saturated rings. The molecule has 9 nitrogen and oxygen atoms in total. The van der Waals surface area contributed by atoms with E-state index in [1.807, 2.05) is 40.7 Å². The van der Waals surface area contributed by atoms with E-state index in [9.17, 15) is 13.2 Å². The molecule has 0 radical (unpaired) electrons. The first-order valence-corrected chi connectivity index (χ1v) is 12.9. The Labute approximate surface area is 204 Å². The summed E-state index contributed by atoms with van der Waals surface area (Å²) in [5.41, 5.74) is 3.40. The fourth-order valence-corrected chi connectivity index (χ4v) is 4.90. The second kappa shape index (κ2) is 9.63. The first-order chi connectivity index (χ1) is 16.6. The second-order valence-electron chi connectivity index (χ2n) is 8.77. The molecular weight excluding hydrogens is 466 g/mol. The molecular formula is C25H29N5O4S. The van der Waals surface area contributed by atoms with Gasteiger partial charge in [-0.2, -0.15) is 5.10 Å². The number of carbonyl (C=O) groups excluding carboxylic acids is 1. The first kappa shape index (κ1) is 24.6. The minimum Gasteiger partial charge on any atom is -0.466 e. The van der Waals surface area contributed by atoms with Gasteiger partial charge in [0.15, 0.2) is 5.65 Å². The molecule has 0 aliphatic rings. The Hall–Kier alpha value is -3.50. The fraction of sp³-hybridized carbons (Fsp3) is 0.320. The van der Waals surface area contributed by atoms with Crippen molar-refractivity contribution in [3.63, 3.8) is 0 Å². The Kier molecular flexibility index (Phi) is 6.77. The molecule has 4 rings (SSSR count). The number of hydrogen-bond acceptors (Lipinski definition) is 6. The molecule has 2 N–H and O–H groups in total. The van der Waals surface area contributed by atoms with Gasteiger partial charge in [0.25, 0.3) is 5.91 Å². The maximum Gasteiger partial charge on any atom is 0.252 e. The normalized spacial score (nSPS) is 11.9. The topological polar surface area (TPSA) is 119 Å². The van der Waals surface area contributed by atoms with Crippen LogP contribution in [0.1, 0.15) is 47.3 Å². The van der Waals surface area contributed by atoms with E-state index in [-0.39, 0.29) is 29.9 Å². The van der Waals surface area contributed by atoms with Crippen LogP contribution in [0.4, 0.5) is 0 Å². The summed E-state index contributed by atoms with van der Waals surface area (Å²) in [4.78, 5) is 18.1. The Bertz CT molecular complexity index is 1480. The molecule has 1 aromatic carbocycles. The zero-order chi connectivity index (χ0) is 25.3. The number of sulfonamides is 1. The number of rotatable bonds is 8. The zero-order valence-electron chi connectivity index (χ0n) is 20.4. The van der Waals surface area contributed by atoms with Crippen molar-refractivity contribution in [3.8, 4) is 11.3 Å². The van der Waals surface area contributed by atoms with E-state index < -0.39 is 10.0 Å². The van der Waals surface area contributed by atoms with Crippen LogP contribution in [0.5, 0.6) is 0 Å². The lowest BCUT2D eigenvalue weighted by Gasteiger charge is -2.11. The van der Waals surface area contributed by atoms with Gasteiger partial charge in [0.05, 0.1) is 27.7 Å². The van der Waals surface area contributed by atoms with Gasteiger partial charge >= 0.3 is 0 Å². The van der Waals surface area contributed by atoms with Crippen LogP contribution >= 0.6 is 0 Å². The van der Waals surface area contributed by atoms with Crippen molar-refractivity contribution in [3.05, 3.63) is 65.2 Å². The van der Waals surface area contributed by atoms with Crippen molar-refractivity contribution >= 4 is 27.0 Å². The van der Waals surface area contributed by atoms with Crippen molar-refractivity contribution in [2.45, 2.75) is 45.6 Å². The van der Waals surface area contributed by atoms with Crippen LogP contribution in [0, 0.1) is 20.8 Å². The first-order valence-electron chi connectivity index (χ1n) is 11.4. The molecule has 4 aromatic rings. The third-order valence-electron chi connectivity index (χ3n) is 5.65. The predicted octanol–water partition coefficient (Wildman–Crippen LogP) is 3.91. The van der Waals surface area contributed by atoms with Crippen LogP contribution in [0.2, 0.25) is 0 Å². The summed E-state index contributed by atoms with van der Waals surface area (Å²) >= 11 is 0. The van der Waals surface area contributed by atoms with Gasteiger partial charge in [-0.05, 0) is 58.9 Å². The molecule has 3 heterocycles. The van der Waals surface area contributed by atoms with Gasteiger partial charge < -0.3 is 9.73 Å². The van der Waals surface area contributed by atoms with E-state index in [2.05, 4.69) is 15.1 Å². The van der Waals surface area contributed by atoms with Gasteiger partial charge in [0, 0.05) is 24.7 Å². The molecule has 0 saturated heterocycles. The van der Waals surface area contributed by atoms with Crippen molar-refractivity contribution in [1.29, 1.82) is 0 Å². The lowest BCUT2D eigenvalue weighted by atomic mass is 10.1. The van der Waals surface area contributed by atoms with Crippen molar-refractivity contribution in [2.75, 3.05) is 13.1 Å². The molecule has 0 spiro atoms. The summed E-state index contributed by atoms with van der Waals surface area (Å²) in [5.74, 6) is 1.12. The number of amides is 1. The highest BCUT2D eigenvalue weighted by Crippen LogP contribution is 2.30. The summed E-state index contributed by atoms with van der Waals surface area (Å²) in [6.45, 7) is 9.76. The molecule has 0 unspecified atom stereocenters. The average molecular weight is 496 g/mol. The van der Waals surface area contributed by atoms with E-state index in [4.69, 9.17) is 9.40 Å². The van der Waals surface area contributed by atoms with Gasteiger partial charge in [-0.25, -0.2) is 22.8 Å². The highest BCUT2D eigenvalue weighted by atomic mass is 32.2. The van der Waals surface area contributed by atoms with Crippen LogP contribution < -0.4 is 10.0 Å². The van der Waals surface area contributed by atoms with E-state index in [0.29, 0.717) is 28.1 Å². The number of carbonyl (C=O) groups is 1. The highest BCUT2D eigenvalue weighted by Gasteiger charge is 2.20. The van der Waals surface area contributed by atoms with E-state index in [1.54, 1.807) is 41.2 Å². The molecule has 1 amide bonds. The standard InChI is InChI=1S/C25H29N5O4S/c1-15(2)30-24-22(14-27-30)21(13-23(29-24)20-12-17(4)34-18(20)5)25(31)26-10-11-28-35(32,33)19-8-6-16(3)7-9-19/h6-9,12-15,28H,10-11H2,1-5H3,(H,26,31). The van der Waals surface area contributed by atoms with Crippen molar-refractivity contribution in [2.24, 2.45) is 0 Å². The number of aryl methyl sites for hydroxylation is 3. The third kappa shape index (κ3) is 5.13. The lowest BCUT2D eigenvalue weighted by Crippen LogP contribution is -2.34. The van der Waals surface area contributed by atoms with E-state index in [0.717, 1.165) is 16.9 Å². The molecule has 0 bridgehead atoms. The zero-order valence-corrected chi connectivity index (χ0v) is 21.2. The Balaban J connectivity index is 1.56. The monoisotopic (exact) mass is 495 g/mol. The number of furan rings is 1. The molecule has 3 aromatic heterocycles. The molecule has 0 aliphatic heterocycles. The van der Waals surface area contributed by atoms with Crippen LogP contribution in [0.25, 0.3) is 22.3 Å². The van der Waals surface area contributed by atoms with Gasteiger partial charge in [-0.15, -0.1) is 0 Å². The molecule has 35 heavy (non-hydrogen) atoms. The summed E-state index contributed by atoms with van der Waals surface area (Å²) in [5, 5.41) is 7.86. The van der Waals surface area contributed by atoms with E-state index in [1.165, 1.54) is 0 Å². The fourth-order valence-electron chi connectivity index (χ4n) is 3.86. The van der Waals surface area contributed by atoms with Crippen LogP contribution in [0.15, 0.2) is 51.9 Å². The number of benzene rings is 1. The number of hydrogen-bond donors (Lipinski definition) is 2. The number of pyridine rings is 1. The maximum absolute atomic E-state index is 13.2. The maximum atomic E-state index is 13.2. The van der Waals surface area contributed by atoms with E-state index >= 15 is 0 Å². The number of fused-ring (bicyclic) bond motifs is 1. The summed E-state index contributed by atoms with van der Waals surface area (Å²) in [6, 6.07) is 10.2. The number of aromatic nitrogens is 3. The second-order valence-corrected chi connectivity index (χ2v) is 10.5. The quantitative estimate of drug-likeness (QED) is 0.358. The van der Waals surface area contributed by atoms with Crippen LogP contribution in [-0.2, 0) is 10.0 Å². The van der Waals surface area contributed by atoms with Gasteiger partial charge in [0.2, 0.25) is 10.0 Å². The molecule has 0 atom stereocenters. The van der Waals surface area contributed by atoms with Gasteiger partial charge in [-0.3, -0.25) is 4.79 Å². The lowest BCUT2D eigenvalue weighted by molar-refractivity contribution is 0.0956. The SMILES string of the molecule is Cc1ccc(S(=O)(=O)NCCNC(=O)c2cc(-c3cc(C)oc3C)nc3c2cnn3C(C)C)cc1. The third-order valence-corrected chi connectivity index (χ3v) is 7.13. The highest BCUT2D eigenvalue weighted by molar-refractivity contribution is 7.89. The molecule has 0 aliphatic carbocycles. The summed E-state index contributed by atoms with van der Waals surface area (Å²) in [7, 11) is -3.66. The smallest absolute Gasteiger partial charge is 0.252 e. The number of nitrogens with zero attached hydrogens (tertiary/aromatic N) is 3. The Morgan fingerprint density at radius 2 is 1.80 bits per heavy atom. The van der Waals surface area contributed by atoms with Crippen molar-refractivity contribution in [1.82, 2.24) is 24.8 Å². The van der Waals surface area contributed by atoms with Gasteiger partial charge in [0.1, 0.15) is 11.5 Å². The summed E-state index contributed by atoms with van der Waals surface area (Å²) < 4.78 is 34.9. The van der Waals surface area contributed by atoms with Gasteiger partial charge in [-0.1, -0.05) is 17.7 Å². The summed E-state index contributed by atoms with van der Waals surface area (Å²) in [6.07, 6.45) is 1.63. The average Bonchev–Trinajstić information content (AvgIpc) is 3.38. The Morgan fingerprint density at radius 1 is 1.09 bits per heavy atom. The van der Waals surface area contributed by atoms with Crippen molar-refractivity contribution < 1.29 is 17.6 Å². The molecule has 0 saturated carbocycles. The Morgan fingerprint density at radius 3 is 2.43 bits per heavy atom. The minimum absolute atomic E-state index is 0.0499. The molecule has 10 heteroatoms. The largest absolute Gasteiger partial charge is 0.466 e. The minimum atomic E-state index is -3.66.